The van der Waals surface area contributed by atoms with E-state index in [9.17, 15) is 19.8 Å². The van der Waals surface area contributed by atoms with E-state index in [2.05, 4.69) is 0 Å². The van der Waals surface area contributed by atoms with Gasteiger partial charge >= 0.3 is 12.1 Å². The van der Waals surface area contributed by atoms with Crippen molar-refractivity contribution in [2.45, 2.75) is 57.7 Å². The summed E-state index contributed by atoms with van der Waals surface area (Å²) in [5, 5.41) is 20.7. The number of nitrogens with zero attached hydrogens (tertiary/aromatic N) is 1. The molecule has 2 aliphatic carbocycles. The summed E-state index contributed by atoms with van der Waals surface area (Å²) in [5.74, 6) is -0.479. The number of carbonyl (C=O) groups excluding carboxylic acids is 1. The summed E-state index contributed by atoms with van der Waals surface area (Å²) in [6.45, 7) is 5.46. The van der Waals surface area contributed by atoms with Crippen LogP contribution in [0.25, 0.3) is 0 Å². The highest BCUT2D eigenvalue weighted by Crippen LogP contribution is 2.62. The number of β-amino-alcohol motifs (C(OH)–C–C–N with tert-alkyl or cyclic N) is 1. The maximum absolute atomic E-state index is 12.0. The molecule has 0 aromatic heterocycles. The van der Waals surface area contributed by atoms with Crippen LogP contribution >= 0.6 is 0 Å². The van der Waals surface area contributed by atoms with Gasteiger partial charge in [0, 0.05) is 0 Å². The van der Waals surface area contributed by atoms with E-state index in [4.69, 9.17) is 4.74 Å². The summed E-state index contributed by atoms with van der Waals surface area (Å²) >= 11 is 0. The molecule has 2 N–H and O–H groups in total. The van der Waals surface area contributed by atoms with E-state index < -0.39 is 28.7 Å². The van der Waals surface area contributed by atoms with Crippen molar-refractivity contribution in [1.82, 2.24) is 4.90 Å². The Labute approximate surface area is 130 Å². The molecule has 0 radical (unpaired) electrons. The number of aliphatic hydroxyl groups is 1. The average Bonchev–Trinajstić information content (AvgIpc) is 2.93. The second kappa shape index (κ2) is 4.60. The van der Waals surface area contributed by atoms with Gasteiger partial charge in [-0.05, 0) is 51.9 Å². The Kier molecular flexibility index (Phi) is 3.26. The lowest BCUT2D eigenvalue weighted by atomic mass is 9.59. The van der Waals surface area contributed by atoms with Gasteiger partial charge < -0.3 is 19.8 Å². The summed E-state index contributed by atoms with van der Waals surface area (Å²) in [5.41, 5.74) is -3.01. The van der Waals surface area contributed by atoms with E-state index in [1.807, 2.05) is 0 Å². The lowest BCUT2D eigenvalue weighted by Crippen LogP contribution is -2.74. The van der Waals surface area contributed by atoms with Crippen LogP contribution in [0.2, 0.25) is 0 Å². The number of carboxylic acid groups (broad SMARTS) is 1. The number of hydrogen-bond acceptors (Lipinski definition) is 4. The maximum atomic E-state index is 12.0. The molecule has 3 aliphatic rings. The number of hydrogen-bond donors (Lipinski definition) is 2. The van der Waals surface area contributed by atoms with Gasteiger partial charge in [-0.2, -0.15) is 0 Å². The molecule has 2 bridgehead atoms. The number of ether oxygens (including phenoxy) is 1. The van der Waals surface area contributed by atoms with Crippen molar-refractivity contribution < 1.29 is 24.5 Å². The van der Waals surface area contributed by atoms with Gasteiger partial charge in [0.15, 0.2) is 0 Å². The van der Waals surface area contributed by atoms with Crippen LogP contribution in [0.15, 0.2) is 0 Å². The molecule has 3 atom stereocenters. The third kappa shape index (κ3) is 2.11. The van der Waals surface area contributed by atoms with Gasteiger partial charge in [0.25, 0.3) is 0 Å². The molecule has 0 aromatic rings. The molecule has 6 nitrogen and oxygen atoms in total. The van der Waals surface area contributed by atoms with Gasteiger partial charge in [-0.25, -0.2) is 4.79 Å². The lowest BCUT2D eigenvalue weighted by Gasteiger charge is -2.56. The van der Waals surface area contributed by atoms with Crippen molar-refractivity contribution in [2.24, 2.45) is 17.3 Å². The van der Waals surface area contributed by atoms with Crippen molar-refractivity contribution in [1.29, 1.82) is 0 Å². The Hall–Kier alpha value is -1.30. The standard InChI is InChI=1S/C16H25NO5/c1-14(2,3)22-13(20)17-8-15(21,9-17)16(12(18)19)7-10-4-5-11(16)6-10/h10-11,21H,4-9H2,1-3H3,(H,18,19). The Balaban J connectivity index is 1.73. The van der Waals surface area contributed by atoms with Crippen LogP contribution in [0, 0.1) is 17.3 Å². The zero-order valence-electron chi connectivity index (χ0n) is 13.5. The third-order valence-corrected chi connectivity index (χ3v) is 5.62. The Morgan fingerprint density at radius 2 is 1.86 bits per heavy atom. The van der Waals surface area contributed by atoms with Gasteiger partial charge in [0.1, 0.15) is 16.6 Å². The zero-order valence-corrected chi connectivity index (χ0v) is 13.5. The van der Waals surface area contributed by atoms with Gasteiger partial charge in [-0.15, -0.1) is 0 Å². The number of carbonyl (C=O) groups is 2. The molecule has 22 heavy (non-hydrogen) atoms. The molecule has 0 spiro atoms. The second-order valence-corrected chi connectivity index (χ2v) is 8.22. The van der Waals surface area contributed by atoms with Gasteiger partial charge in [-0.1, -0.05) is 6.42 Å². The highest BCUT2D eigenvalue weighted by atomic mass is 16.6. The normalized spacial score (nSPS) is 36.1. The zero-order chi connectivity index (χ0) is 16.3. The summed E-state index contributed by atoms with van der Waals surface area (Å²) < 4.78 is 5.28. The summed E-state index contributed by atoms with van der Waals surface area (Å²) in [4.78, 5) is 25.4. The largest absolute Gasteiger partial charge is 0.481 e. The molecule has 0 aromatic carbocycles. The van der Waals surface area contributed by atoms with Crippen LogP contribution in [0.4, 0.5) is 4.79 Å². The molecule has 1 aliphatic heterocycles. The number of aliphatic carboxylic acids is 1. The minimum Gasteiger partial charge on any atom is -0.481 e. The van der Waals surface area contributed by atoms with Crippen molar-refractivity contribution in [3.8, 4) is 0 Å². The first kappa shape index (κ1) is 15.6. The van der Waals surface area contributed by atoms with E-state index in [0.29, 0.717) is 12.3 Å². The van der Waals surface area contributed by atoms with Crippen LogP contribution < -0.4 is 0 Å². The van der Waals surface area contributed by atoms with Gasteiger partial charge in [0.2, 0.25) is 0 Å². The van der Waals surface area contributed by atoms with Crippen molar-refractivity contribution in [2.75, 3.05) is 13.1 Å². The molecule has 6 heteroatoms. The fraction of sp³-hybridized carbons (Fsp3) is 0.875. The van der Waals surface area contributed by atoms with Crippen LogP contribution in [-0.2, 0) is 9.53 Å². The van der Waals surface area contributed by atoms with Gasteiger partial charge in [0.05, 0.1) is 13.1 Å². The average molecular weight is 311 g/mol. The fourth-order valence-electron chi connectivity index (χ4n) is 4.68. The molecule has 2 saturated carbocycles. The SMILES string of the molecule is CC(C)(C)OC(=O)N1CC(O)(C2(C(=O)O)CC3CCC2C3)C1. The Morgan fingerprint density at radius 1 is 1.23 bits per heavy atom. The first-order chi connectivity index (χ1) is 10.1. The van der Waals surface area contributed by atoms with Crippen LogP contribution in [0.1, 0.15) is 46.5 Å². The summed E-state index contributed by atoms with van der Waals surface area (Å²) in [6, 6.07) is 0. The van der Waals surface area contributed by atoms with Crippen molar-refractivity contribution >= 4 is 12.1 Å². The molecular weight excluding hydrogens is 286 g/mol. The van der Waals surface area contributed by atoms with E-state index >= 15 is 0 Å². The highest BCUT2D eigenvalue weighted by molar-refractivity contribution is 5.79. The van der Waals surface area contributed by atoms with E-state index in [-0.39, 0.29) is 19.0 Å². The number of fused-ring (bicyclic) bond motifs is 2. The number of carboxylic acids is 1. The smallest absolute Gasteiger partial charge is 0.410 e. The second-order valence-electron chi connectivity index (χ2n) is 8.22. The topological polar surface area (TPSA) is 87.1 Å². The molecule has 3 rings (SSSR count). The molecular formula is C16H25NO5. The number of rotatable bonds is 2. The molecule has 1 heterocycles. The first-order valence-electron chi connectivity index (χ1n) is 8.01. The first-order valence-corrected chi connectivity index (χ1v) is 8.01. The monoisotopic (exact) mass is 311 g/mol. The van der Waals surface area contributed by atoms with Crippen LogP contribution in [0.3, 0.4) is 0 Å². The highest BCUT2D eigenvalue weighted by Gasteiger charge is 2.70. The van der Waals surface area contributed by atoms with E-state index in [1.165, 1.54) is 4.90 Å². The quantitative estimate of drug-likeness (QED) is 0.813. The predicted molar refractivity (Wildman–Crippen MR) is 78.3 cm³/mol. The van der Waals surface area contributed by atoms with E-state index in [1.54, 1.807) is 20.8 Å². The number of amides is 1. The minimum absolute atomic E-state index is 0.0285. The molecule has 3 fully saturated rings. The Bertz CT molecular complexity index is 505. The van der Waals surface area contributed by atoms with Crippen molar-refractivity contribution in [3.63, 3.8) is 0 Å². The summed E-state index contributed by atoms with van der Waals surface area (Å²) in [6.07, 6.45) is 2.87. The molecule has 3 unspecified atom stereocenters. The van der Waals surface area contributed by atoms with Gasteiger partial charge in [-0.3, -0.25) is 4.79 Å². The maximum Gasteiger partial charge on any atom is 0.410 e. The molecule has 124 valence electrons. The van der Waals surface area contributed by atoms with Crippen molar-refractivity contribution in [3.05, 3.63) is 0 Å². The van der Waals surface area contributed by atoms with Crippen LogP contribution in [-0.4, -0.2) is 51.5 Å². The lowest BCUT2D eigenvalue weighted by molar-refractivity contribution is -0.209. The van der Waals surface area contributed by atoms with E-state index in [0.717, 1.165) is 19.3 Å². The summed E-state index contributed by atoms with van der Waals surface area (Å²) in [7, 11) is 0. The molecule has 1 saturated heterocycles. The fourth-order valence-corrected chi connectivity index (χ4v) is 4.68. The Morgan fingerprint density at radius 3 is 2.27 bits per heavy atom. The third-order valence-electron chi connectivity index (χ3n) is 5.62. The molecule has 1 amide bonds. The minimum atomic E-state index is -1.32. The van der Waals surface area contributed by atoms with Crippen LogP contribution in [0.5, 0.6) is 0 Å². The predicted octanol–water partition coefficient (Wildman–Crippen LogP) is 1.86. The number of likely N-dealkylation sites (tertiary alicyclic amines) is 1.